The van der Waals surface area contributed by atoms with Crippen molar-refractivity contribution in [3.63, 3.8) is 0 Å². The fraction of sp³-hybridized carbons (Fsp3) is 0.0714. The molecule has 4 heteroatoms. The van der Waals surface area contributed by atoms with Crippen molar-refractivity contribution >= 4 is 34.1 Å². The fourth-order valence-electron chi connectivity index (χ4n) is 2.15. The minimum Gasteiger partial charge on any atom is -0.267 e. The molecule has 1 heterocycles. The van der Waals surface area contributed by atoms with Gasteiger partial charge in [-0.15, -0.1) is 0 Å². The molecule has 2 aromatic carbocycles. The maximum absolute atomic E-state index is 6.27. The number of benzene rings is 2. The van der Waals surface area contributed by atoms with Crippen LogP contribution in [-0.2, 0) is 7.05 Å². The van der Waals surface area contributed by atoms with Gasteiger partial charge in [-0.2, -0.15) is 5.10 Å². The average Bonchev–Trinajstić information content (AvgIpc) is 2.66. The molecule has 18 heavy (non-hydrogen) atoms. The van der Waals surface area contributed by atoms with Crippen LogP contribution in [-0.4, -0.2) is 9.78 Å². The van der Waals surface area contributed by atoms with Crippen LogP contribution in [0.15, 0.2) is 42.5 Å². The van der Waals surface area contributed by atoms with Crippen molar-refractivity contribution in [2.24, 2.45) is 7.05 Å². The second-order valence-corrected chi connectivity index (χ2v) is 4.96. The van der Waals surface area contributed by atoms with E-state index >= 15 is 0 Å². The predicted octanol–water partition coefficient (Wildman–Crippen LogP) is 4.55. The summed E-state index contributed by atoms with van der Waals surface area (Å²) in [6.45, 7) is 0. The number of hydrogen-bond acceptors (Lipinski definition) is 1. The van der Waals surface area contributed by atoms with Gasteiger partial charge in [-0.3, -0.25) is 4.68 Å². The Kier molecular flexibility index (Phi) is 2.77. The van der Waals surface area contributed by atoms with Crippen LogP contribution in [0.2, 0.25) is 10.0 Å². The molecular formula is C14H10Cl2N2. The molecule has 1 aromatic heterocycles. The van der Waals surface area contributed by atoms with Crippen molar-refractivity contribution in [3.05, 3.63) is 52.5 Å². The van der Waals surface area contributed by atoms with E-state index in [0.29, 0.717) is 10.0 Å². The van der Waals surface area contributed by atoms with Gasteiger partial charge in [0.2, 0.25) is 0 Å². The summed E-state index contributed by atoms with van der Waals surface area (Å²) < 4.78 is 1.85. The first-order valence-corrected chi connectivity index (χ1v) is 6.29. The molecule has 2 nitrogen and oxygen atoms in total. The Morgan fingerprint density at radius 1 is 1.06 bits per heavy atom. The van der Waals surface area contributed by atoms with E-state index in [1.165, 1.54) is 0 Å². The summed E-state index contributed by atoms with van der Waals surface area (Å²) in [5.74, 6) is 0. The summed E-state index contributed by atoms with van der Waals surface area (Å²) in [6.07, 6.45) is 0. The zero-order valence-electron chi connectivity index (χ0n) is 9.69. The Morgan fingerprint density at radius 3 is 2.61 bits per heavy atom. The van der Waals surface area contributed by atoms with Gasteiger partial charge in [0.25, 0.3) is 0 Å². The second kappa shape index (κ2) is 4.30. The molecule has 0 saturated carbocycles. The molecule has 0 saturated heterocycles. The van der Waals surface area contributed by atoms with E-state index in [-0.39, 0.29) is 0 Å². The van der Waals surface area contributed by atoms with Gasteiger partial charge in [0, 0.05) is 23.0 Å². The summed E-state index contributed by atoms with van der Waals surface area (Å²) in [6, 6.07) is 13.5. The third kappa shape index (κ3) is 1.78. The Labute approximate surface area is 115 Å². The highest BCUT2D eigenvalue weighted by molar-refractivity contribution is 6.36. The number of nitrogens with zero attached hydrogens (tertiary/aromatic N) is 2. The van der Waals surface area contributed by atoms with Gasteiger partial charge >= 0.3 is 0 Å². The van der Waals surface area contributed by atoms with Gasteiger partial charge in [-0.1, -0.05) is 41.4 Å². The molecule has 3 rings (SSSR count). The topological polar surface area (TPSA) is 17.8 Å². The first kappa shape index (κ1) is 11.6. The largest absolute Gasteiger partial charge is 0.267 e. The maximum atomic E-state index is 6.27. The lowest BCUT2D eigenvalue weighted by Gasteiger charge is -2.06. The van der Waals surface area contributed by atoms with Crippen LogP contribution in [0.25, 0.3) is 22.2 Å². The van der Waals surface area contributed by atoms with Crippen LogP contribution in [0.4, 0.5) is 0 Å². The lowest BCUT2D eigenvalue weighted by Crippen LogP contribution is -1.94. The summed E-state index contributed by atoms with van der Waals surface area (Å²) in [5.41, 5.74) is 2.91. The normalized spacial score (nSPS) is 11.1. The molecule has 0 fully saturated rings. The highest BCUT2D eigenvalue weighted by Gasteiger charge is 2.13. The van der Waals surface area contributed by atoms with Crippen LogP contribution in [0.5, 0.6) is 0 Å². The van der Waals surface area contributed by atoms with E-state index in [1.54, 1.807) is 6.07 Å². The summed E-state index contributed by atoms with van der Waals surface area (Å²) in [7, 11) is 1.92. The van der Waals surface area contributed by atoms with Gasteiger partial charge in [0.05, 0.1) is 16.2 Å². The van der Waals surface area contributed by atoms with Crippen molar-refractivity contribution in [1.29, 1.82) is 0 Å². The highest BCUT2D eigenvalue weighted by Crippen LogP contribution is 2.34. The zero-order valence-corrected chi connectivity index (χ0v) is 11.2. The minimum atomic E-state index is 0.634. The van der Waals surface area contributed by atoms with Crippen LogP contribution in [0, 0.1) is 0 Å². The third-order valence-electron chi connectivity index (χ3n) is 2.93. The van der Waals surface area contributed by atoms with E-state index in [9.17, 15) is 0 Å². The quantitative estimate of drug-likeness (QED) is 0.638. The third-order valence-corrected chi connectivity index (χ3v) is 3.47. The summed E-state index contributed by atoms with van der Waals surface area (Å²) >= 11 is 12.2. The van der Waals surface area contributed by atoms with Gasteiger partial charge in [-0.05, 0) is 24.3 Å². The fourth-order valence-corrected chi connectivity index (χ4v) is 2.65. The lowest BCUT2D eigenvalue weighted by atomic mass is 10.1. The molecule has 0 unspecified atom stereocenters. The smallest absolute Gasteiger partial charge is 0.0929 e. The first-order valence-electron chi connectivity index (χ1n) is 5.54. The molecule has 90 valence electrons. The van der Waals surface area contributed by atoms with E-state index in [1.807, 2.05) is 48.1 Å². The first-order chi connectivity index (χ1) is 8.66. The number of fused-ring (bicyclic) bond motifs is 1. The Morgan fingerprint density at radius 2 is 1.83 bits per heavy atom. The maximum Gasteiger partial charge on any atom is 0.0929 e. The Hall–Kier alpha value is -1.51. The zero-order chi connectivity index (χ0) is 12.7. The van der Waals surface area contributed by atoms with Crippen molar-refractivity contribution in [2.75, 3.05) is 0 Å². The van der Waals surface area contributed by atoms with Crippen LogP contribution < -0.4 is 0 Å². The van der Waals surface area contributed by atoms with E-state index < -0.39 is 0 Å². The van der Waals surface area contributed by atoms with Crippen molar-refractivity contribution in [2.45, 2.75) is 0 Å². The molecule has 0 aliphatic carbocycles. The molecule has 0 bridgehead atoms. The Bertz CT molecular complexity index is 732. The Balaban J connectivity index is 2.34. The van der Waals surface area contributed by atoms with Crippen molar-refractivity contribution in [1.82, 2.24) is 9.78 Å². The predicted molar refractivity (Wildman–Crippen MR) is 76.2 cm³/mol. The average molecular weight is 277 g/mol. The van der Waals surface area contributed by atoms with Crippen molar-refractivity contribution in [3.8, 4) is 11.3 Å². The second-order valence-electron chi connectivity index (χ2n) is 4.11. The van der Waals surface area contributed by atoms with Gasteiger partial charge in [0.1, 0.15) is 0 Å². The number of hydrogen-bond donors (Lipinski definition) is 0. The van der Waals surface area contributed by atoms with Gasteiger partial charge < -0.3 is 0 Å². The van der Waals surface area contributed by atoms with Crippen LogP contribution in [0.1, 0.15) is 0 Å². The van der Waals surface area contributed by atoms with Crippen LogP contribution in [0.3, 0.4) is 0 Å². The van der Waals surface area contributed by atoms with E-state index in [0.717, 1.165) is 22.2 Å². The molecule has 0 aliphatic heterocycles. The number of halogens is 2. The lowest BCUT2D eigenvalue weighted by molar-refractivity contribution is 0.788. The number of rotatable bonds is 1. The SMILES string of the molecule is Cn1nc2ccccc2c1-c1ccc(Cl)cc1Cl. The van der Waals surface area contributed by atoms with E-state index in [4.69, 9.17) is 23.2 Å². The molecule has 0 N–H and O–H groups in total. The number of aryl methyl sites for hydroxylation is 1. The molecule has 0 radical (unpaired) electrons. The molecule has 0 aliphatic rings. The van der Waals surface area contributed by atoms with Gasteiger partial charge in [-0.25, -0.2) is 0 Å². The van der Waals surface area contributed by atoms with Crippen molar-refractivity contribution < 1.29 is 0 Å². The summed E-state index contributed by atoms with van der Waals surface area (Å²) in [4.78, 5) is 0. The molecule has 3 aromatic rings. The molecule has 0 spiro atoms. The van der Waals surface area contributed by atoms with Crippen LogP contribution >= 0.6 is 23.2 Å². The minimum absolute atomic E-state index is 0.634. The molecule has 0 amide bonds. The molecular weight excluding hydrogens is 267 g/mol. The summed E-state index contributed by atoms with van der Waals surface area (Å²) in [5, 5.41) is 6.84. The molecule has 0 atom stereocenters. The van der Waals surface area contributed by atoms with E-state index in [2.05, 4.69) is 5.10 Å². The number of aromatic nitrogens is 2. The van der Waals surface area contributed by atoms with Gasteiger partial charge in [0.15, 0.2) is 0 Å². The monoisotopic (exact) mass is 276 g/mol. The standard InChI is InChI=1S/C14H10Cl2N2/c1-18-14(10-7-6-9(15)8-12(10)16)11-4-2-3-5-13(11)17-18/h2-8H,1H3. The highest BCUT2D eigenvalue weighted by atomic mass is 35.5.